The van der Waals surface area contributed by atoms with Gasteiger partial charge < -0.3 is 12.0 Å². The Hall–Kier alpha value is -0.897. The topological polar surface area (TPSA) is 37.3 Å². The van der Waals surface area contributed by atoms with E-state index in [9.17, 15) is 18.0 Å². The number of halogens is 3. The Morgan fingerprint density at radius 1 is 1.39 bits per heavy atom. The molecule has 0 saturated heterocycles. The van der Waals surface area contributed by atoms with Crippen molar-refractivity contribution in [2.24, 2.45) is 5.41 Å². The zero-order valence-corrected chi connectivity index (χ0v) is 13.2. The molecular weight excluding hydrogens is 299 g/mol. The molecule has 0 saturated carbocycles. The zero-order valence-electron chi connectivity index (χ0n) is 10.2. The maximum atomic E-state index is 11.8. The van der Waals surface area contributed by atoms with Gasteiger partial charge in [0.25, 0.3) is 5.97 Å². The summed E-state index contributed by atoms with van der Waals surface area (Å²) in [5.41, 5.74) is -1.49. The molecular formula is C12H13F3O2Zn. The summed E-state index contributed by atoms with van der Waals surface area (Å²) in [6.07, 6.45) is -4.24. The Kier molecular flexibility index (Phi) is 8.12. The summed E-state index contributed by atoms with van der Waals surface area (Å²) >= 11 is 0. The van der Waals surface area contributed by atoms with Crippen molar-refractivity contribution in [1.82, 2.24) is 0 Å². The molecule has 18 heavy (non-hydrogen) atoms. The maximum Gasteiger partial charge on any atom is 2.00 e. The molecule has 6 heteroatoms. The summed E-state index contributed by atoms with van der Waals surface area (Å²) in [6, 6.07) is 7.01. The fraction of sp³-hybridized carbons (Fsp3) is 0.333. The first-order valence-corrected chi connectivity index (χ1v) is 4.67. The molecule has 0 atom stereocenters. The number of carboxylic acids is 1. The van der Waals surface area contributed by atoms with Crippen molar-refractivity contribution in [3.8, 4) is 0 Å². The van der Waals surface area contributed by atoms with Crippen molar-refractivity contribution in [3.05, 3.63) is 42.8 Å². The van der Waals surface area contributed by atoms with Crippen LogP contribution < -0.4 is 0 Å². The smallest absolute Gasteiger partial charge is 0.483 e. The fourth-order valence-corrected chi connectivity index (χ4v) is 0.570. The summed E-state index contributed by atoms with van der Waals surface area (Å²) < 4.78 is 35.3. The third-order valence-corrected chi connectivity index (χ3v) is 1.61. The quantitative estimate of drug-likeness (QED) is 0.637. The minimum atomic E-state index is -4.24. The number of carboxylic acid groups (broad SMARTS) is 1. The van der Waals surface area contributed by atoms with Crippen LogP contribution in [0.5, 0.6) is 0 Å². The van der Waals surface area contributed by atoms with Crippen molar-refractivity contribution in [2.75, 3.05) is 0 Å². The average Bonchev–Trinajstić information content (AvgIpc) is 2.17. The molecule has 96 valence electrons. The summed E-state index contributed by atoms with van der Waals surface area (Å²) in [4.78, 5) is 9.96. The normalized spacial score (nSPS) is 10.8. The first-order valence-electron chi connectivity index (χ1n) is 4.67. The van der Waals surface area contributed by atoms with Gasteiger partial charge in [-0.1, -0.05) is 24.8 Å². The summed E-state index contributed by atoms with van der Waals surface area (Å²) in [5.74, 6) is -0.868. The van der Waals surface area contributed by atoms with E-state index >= 15 is 0 Å². The van der Waals surface area contributed by atoms with Gasteiger partial charge in [-0.3, -0.25) is 4.79 Å². The average molecular weight is 312 g/mol. The van der Waals surface area contributed by atoms with E-state index in [0.29, 0.717) is 0 Å². The fourth-order valence-electron chi connectivity index (χ4n) is 0.570. The third-order valence-electron chi connectivity index (χ3n) is 1.61. The minimum absolute atomic E-state index is 0. The molecule has 0 fully saturated rings. The van der Waals surface area contributed by atoms with Gasteiger partial charge in [-0.2, -0.15) is 43.5 Å². The maximum absolute atomic E-state index is 11.8. The van der Waals surface area contributed by atoms with Crippen molar-refractivity contribution >= 4 is 5.97 Å². The standard InChI is InChI=1S/C7H4F3.C5H9O2.Zn/c8-7(9,10)6-4-2-1-3-5-6;1-5(2,3)4(6)7;/h1-2,4-5H;1H2,2-3H3,(H,6,7);/q2*-1;+2. The number of carbonyl (C=O) groups is 1. The van der Waals surface area contributed by atoms with Crippen LogP contribution in [0.1, 0.15) is 19.4 Å². The molecule has 0 aliphatic heterocycles. The number of benzene rings is 1. The summed E-state index contributed by atoms with van der Waals surface area (Å²) in [5, 5.41) is 8.19. The molecule has 1 N–H and O–H groups in total. The number of hydrogen-bond donors (Lipinski definition) is 1. The van der Waals surface area contributed by atoms with Gasteiger partial charge in [0, 0.05) is 0 Å². The molecule has 0 aromatic heterocycles. The second kappa shape index (κ2) is 7.52. The zero-order chi connectivity index (χ0) is 13.7. The van der Waals surface area contributed by atoms with E-state index in [1.54, 1.807) is 13.8 Å². The molecule has 2 nitrogen and oxygen atoms in total. The molecule has 1 aromatic carbocycles. The number of aliphatic carboxylic acids is 1. The van der Waals surface area contributed by atoms with E-state index in [4.69, 9.17) is 5.11 Å². The van der Waals surface area contributed by atoms with Crippen molar-refractivity contribution in [2.45, 2.75) is 20.0 Å². The summed E-state index contributed by atoms with van der Waals surface area (Å²) in [7, 11) is 0. The predicted molar refractivity (Wildman–Crippen MR) is 57.1 cm³/mol. The molecule has 0 heterocycles. The molecule has 0 aliphatic rings. The van der Waals surface area contributed by atoms with Crippen LogP contribution in [0.2, 0.25) is 0 Å². The second-order valence-electron chi connectivity index (χ2n) is 3.98. The Morgan fingerprint density at radius 3 is 2.00 bits per heavy atom. The van der Waals surface area contributed by atoms with Crippen molar-refractivity contribution in [1.29, 1.82) is 0 Å². The molecule has 0 spiro atoms. The minimum Gasteiger partial charge on any atom is -0.483 e. The van der Waals surface area contributed by atoms with Gasteiger partial charge in [0.1, 0.15) is 0 Å². The van der Waals surface area contributed by atoms with Gasteiger partial charge in [-0.25, -0.2) is 0 Å². The molecule has 0 amide bonds. The molecule has 1 rings (SSSR count). The van der Waals surface area contributed by atoms with Crippen molar-refractivity contribution < 1.29 is 42.6 Å². The first kappa shape index (κ1) is 19.4. The third kappa shape index (κ3) is 8.23. The number of hydrogen-bond acceptors (Lipinski definition) is 1. The van der Waals surface area contributed by atoms with Crippen LogP contribution in [0.15, 0.2) is 24.3 Å². The van der Waals surface area contributed by atoms with Crippen LogP contribution in [0.4, 0.5) is 13.2 Å². The molecule has 1 aromatic rings. The Morgan fingerprint density at radius 2 is 1.83 bits per heavy atom. The van der Waals surface area contributed by atoms with E-state index in [1.165, 1.54) is 12.1 Å². The first-order chi connectivity index (χ1) is 7.55. The second-order valence-corrected chi connectivity index (χ2v) is 3.98. The number of rotatable bonds is 1. The molecule has 0 bridgehead atoms. The monoisotopic (exact) mass is 310 g/mol. The van der Waals surface area contributed by atoms with Gasteiger partial charge in [0.2, 0.25) is 0 Å². The Balaban J connectivity index is 0. The Labute approximate surface area is 117 Å². The van der Waals surface area contributed by atoms with Crippen molar-refractivity contribution in [3.63, 3.8) is 0 Å². The van der Waals surface area contributed by atoms with Gasteiger partial charge >= 0.3 is 25.7 Å². The van der Waals surface area contributed by atoms with Crippen LogP contribution >= 0.6 is 0 Å². The molecule has 0 radical (unpaired) electrons. The van der Waals surface area contributed by atoms with Gasteiger partial charge in [-0.15, -0.1) is 0 Å². The molecule has 0 aliphatic carbocycles. The van der Waals surface area contributed by atoms with Gasteiger partial charge in [-0.05, 0) is 0 Å². The van der Waals surface area contributed by atoms with E-state index in [0.717, 1.165) is 12.1 Å². The predicted octanol–water partition coefficient (Wildman–Crippen LogP) is 3.43. The van der Waals surface area contributed by atoms with Gasteiger partial charge in [0.15, 0.2) is 0 Å². The largest absolute Gasteiger partial charge is 2.00 e. The Bertz CT molecular complexity index is 356. The SMILES string of the molecule is FC(F)(F)c1c[c-]ccc1.[CH2-]C(C)(C)C(=O)O.[Zn+2]. The van der Waals surface area contributed by atoms with E-state index in [2.05, 4.69) is 13.0 Å². The molecule has 0 unspecified atom stereocenters. The van der Waals surface area contributed by atoms with E-state index < -0.39 is 23.1 Å². The van der Waals surface area contributed by atoms with Crippen LogP contribution in [0, 0.1) is 18.4 Å². The van der Waals surface area contributed by atoms with Crippen LogP contribution in [0.3, 0.4) is 0 Å². The summed E-state index contributed by atoms with van der Waals surface area (Å²) in [6.45, 7) is 6.47. The van der Waals surface area contributed by atoms with E-state index in [-0.39, 0.29) is 19.5 Å². The van der Waals surface area contributed by atoms with Crippen LogP contribution in [0.25, 0.3) is 0 Å². The van der Waals surface area contributed by atoms with Crippen LogP contribution in [-0.4, -0.2) is 11.1 Å². The van der Waals surface area contributed by atoms with Gasteiger partial charge in [0.05, 0.1) is 0 Å². The number of alkyl halides is 3. The van der Waals surface area contributed by atoms with Crippen LogP contribution in [-0.2, 0) is 30.4 Å². The van der Waals surface area contributed by atoms with E-state index in [1.807, 2.05) is 0 Å².